The summed E-state index contributed by atoms with van der Waals surface area (Å²) < 4.78 is 5.28. The predicted octanol–water partition coefficient (Wildman–Crippen LogP) is 1.25. The Hall–Kier alpha value is -0.870. The van der Waals surface area contributed by atoms with Gasteiger partial charge in [-0.2, -0.15) is 0 Å². The summed E-state index contributed by atoms with van der Waals surface area (Å²) in [5.41, 5.74) is 0.720. The number of nitrogens with zero attached hydrogens (tertiary/aromatic N) is 1. The van der Waals surface area contributed by atoms with Crippen molar-refractivity contribution in [3.8, 4) is 0 Å². The molecule has 2 N–H and O–H groups in total. The monoisotopic (exact) mass is 184 g/mol. The number of ether oxygens (including phenoxy) is 1. The fraction of sp³-hybridized carbons (Fsp3) is 0.667. The van der Waals surface area contributed by atoms with Gasteiger partial charge in [0.15, 0.2) is 0 Å². The lowest BCUT2D eigenvalue weighted by Crippen LogP contribution is -2.10. The Morgan fingerprint density at radius 1 is 1.62 bits per heavy atom. The van der Waals surface area contributed by atoms with Crippen molar-refractivity contribution in [1.29, 1.82) is 0 Å². The second kappa shape index (κ2) is 4.39. The van der Waals surface area contributed by atoms with Crippen LogP contribution in [-0.4, -0.2) is 22.2 Å². The van der Waals surface area contributed by atoms with E-state index in [1.54, 1.807) is 13.3 Å². The number of aliphatic hydroxyl groups excluding tert-OH is 1. The minimum absolute atomic E-state index is 0.0124. The first-order valence-corrected chi connectivity index (χ1v) is 4.36. The van der Waals surface area contributed by atoms with Crippen LogP contribution in [0.15, 0.2) is 6.20 Å². The average molecular weight is 184 g/mol. The Labute approximate surface area is 78.0 Å². The maximum absolute atomic E-state index is 8.83. The first-order chi connectivity index (χ1) is 6.19. The molecule has 0 bridgehead atoms. The zero-order valence-electron chi connectivity index (χ0n) is 8.24. The lowest BCUT2D eigenvalue weighted by Gasteiger charge is -2.16. The molecule has 0 aliphatic rings. The average Bonchev–Trinajstić information content (AvgIpc) is 2.53. The van der Waals surface area contributed by atoms with Crippen molar-refractivity contribution in [3.05, 3.63) is 17.7 Å². The number of hydrogen-bond acceptors (Lipinski definition) is 3. The topological polar surface area (TPSA) is 58.1 Å². The lowest BCUT2D eigenvalue weighted by molar-refractivity contribution is 0.0579. The van der Waals surface area contributed by atoms with Crippen LogP contribution in [0.25, 0.3) is 0 Å². The van der Waals surface area contributed by atoms with Gasteiger partial charge in [0, 0.05) is 7.11 Å². The highest BCUT2D eigenvalue weighted by atomic mass is 16.5. The number of aromatic amines is 1. The van der Waals surface area contributed by atoms with Crippen LogP contribution in [0.3, 0.4) is 0 Å². The third-order valence-electron chi connectivity index (χ3n) is 1.95. The van der Waals surface area contributed by atoms with Gasteiger partial charge < -0.3 is 14.8 Å². The number of methoxy groups -OCH3 is 1. The molecule has 0 saturated heterocycles. The quantitative estimate of drug-likeness (QED) is 0.740. The first kappa shape index (κ1) is 10.2. The number of aromatic nitrogens is 2. The van der Waals surface area contributed by atoms with E-state index in [1.165, 1.54) is 0 Å². The number of hydrogen-bond donors (Lipinski definition) is 2. The summed E-state index contributed by atoms with van der Waals surface area (Å²) in [4.78, 5) is 7.15. The van der Waals surface area contributed by atoms with E-state index in [0.717, 1.165) is 11.5 Å². The Morgan fingerprint density at radius 3 is 2.69 bits per heavy atom. The zero-order chi connectivity index (χ0) is 9.84. The normalized spacial score (nSPS) is 13.6. The highest BCUT2D eigenvalue weighted by Crippen LogP contribution is 2.21. The fourth-order valence-corrected chi connectivity index (χ4v) is 1.30. The van der Waals surface area contributed by atoms with Gasteiger partial charge in [0.2, 0.25) is 0 Å². The van der Waals surface area contributed by atoms with E-state index >= 15 is 0 Å². The molecule has 1 rings (SSSR count). The second-order valence-electron chi connectivity index (χ2n) is 3.35. The molecule has 0 aliphatic carbocycles. The fourth-order valence-electron chi connectivity index (χ4n) is 1.30. The minimum Gasteiger partial charge on any atom is -0.390 e. The summed E-state index contributed by atoms with van der Waals surface area (Å²) in [6.45, 7) is 4.12. The Morgan fingerprint density at radius 2 is 2.31 bits per heavy atom. The van der Waals surface area contributed by atoms with Gasteiger partial charge in [-0.05, 0) is 5.92 Å². The van der Waals surface area contributed by atoms with Gasteiger partial charge in [-0.1, -0.05) is 13.8 Å². The molecule has 1 aromatic heterocycles. The van der Waals surface area contributed by atoms with Crippen LogP contribution < -0.4 is 0 Å². The molecule has 74 valence electrons. The molecule has 0 radical (unpaired) electrons. The van der Waals surface area contributed by atoms with E-state index < -0.39 is 0 Å². The van der Waals surface area contributed by atoms with Gasteiger partial charge in [-0.15, -0.1) is 0 Å². The Kier molecular flexibility index (Phi) is 3.45. The van der Waals surface area contributed by atoms with Crippen molar-refractivity contribution in [1.82, 2.24) is 9.97 Å². The van der Waals surface area contributed by atoms with Gasteiger partial charge in [0.1, 0.15) is 11.9 Å². The van der Waals surface area contributed by atoms with Crippen molar-refractivity contribution in [2.45, 2.75) is 26.6 Å². The van der Waals surface area contributed by atoms with E-state index in [1.807, 2.05) is 0 Å². The van der Waals surface area contributed by atoms with Crippen LogP contribution in [0.4, 0.5) is 0 Å². The molecule has 0 aliphatic heterocycles. The molecular formula is C9H16N2O2. The molecule has 0 aromatic carbocycles. The van der Waals surface area contributed by atoms with E-state index in [-0.39, 0.29) is 12.7 Å². The molecule has 4 nitrogen and oxygen atoms in total. The minimum atomic E-state index is -0.0275. The van der Waals surface area contributed by atoms with Crippen LogP contribution in [0.5, 0.6) is 0 Å². The SMILES string of the molecule is COC(c1ncc(CO)[nH]1)C(C)C. The van der Waals surface area contributed by atoms with Gasteiger partial charge in [-0.3, -0.25) is 0 Å². The molecule has 0 spiro atoms. The van der Waals surface area contributed by atoms with Crippen LogP contribution in [0.1, 0.15) is 31.5 Å². The molecule has 1 aromatic rings. The summed E-state index contributed by atoms with van der Waals surface area (Å²) in [7, 11) is 1.66. The number of rotatable bonds is 4. The highest BCUT2D eigenvalue weighted by molar-refractivity contribution is 5.03. The zero-order valence-corrected chi connectivity index (χ0v) is 8.24. The van der Waals surface area contributed by atoms with Crippen molar-refractivity contribution < 1.29 is 9.84 Å². The summed E-state index contributed by atoms with van der Waals surface area (Å²) in [5.74, 6) is 1.14. The summed E-state index contributed by atoms with van der Waals surface area (Å²) in [6.07, 6.45) is 1.60. The maximum Gasteiger partial charge on any atom is 0.135 e. The number of H-pyrrole nitrogens is 1. The van der Waals surface area contributed by atoms with Gasteiger partial charge >= 0.3 is 0 Å². The van der Waals surface area contributed by atoms with E-state index in [9.17, 15) is 0 Å². The molecule has 4 heteroatoms. The third kappa shape index (κ3) is 2.29. The molecule has 1 unspecified atom stereocenters. The highest BCUT2D eigenvalue weighted by Gasteiger charge is 2.17. The molecule has 0 fully saturated rings. The first-order valence-electron chi connectivity index (χ1n) is 4.36. The van der Waals surface area contributed by atoms with Crippen molar-refractivity contribution >= 4 is 0 Å². The third-order valence-corrected chi connectivity index (χ3v) is 1.95. The van der Waals surface area contributed by atoms with E-state index in [4.69, 9.17) is 9.84 Å². The smallest absolute Gasteiger partial charge is 0.135 e. The van der Waals surface area contributed by atoms with Crippen LogP contribution >= 0.6 is 0 Å². The van der Waals surface area contributed by atoms with E-state index in [0.29, 0.717) is 5.92 Å². The largest absolute Gasteiger partial charge is 0.390 e. The Balaban J connectivity index is 2.79. The molecule has 13 heavy (non-hydrogen) atoms. The van der Waals surface area contributed by atoms with Crippen molar-refractivity contribution in [2.75, 3.05) is 7.11 Å². The molecule has 0 amide bonds. The Bertz CT molecular complexity index is 258. The van der Waals surface area contributed by atoms with Gasteiger partial charge in [0.25, 0.3) is 0 Å². The van der Waals surface area contributed by atoms with E-state index in [2.05, 4.69) is 23.8 Å². The summed E-state index contributed by atoms with van der Waals surface area (Å²) in [5, 5.41) is 8.83. The maximum atomic E-state index is 8.83. The van der Waals surface area contributed by atoms with Gasteiger partial charge in [0.05, 0.1) is 18.5 Å². The van der Waals surface area contributed by atoms with Crippen LogP contribution in [0.2, 0.25) is 0 Å². The predicted molar refractivity (Wildman–Crippen MR) is 49.1 cm³/mol. The standard InChI is InChI=1S/C9H16N2O2/c1-6(2)8(13-3)9-10-4-7(5-12)11-9/h4,6,8,12H,5H2,1-3H3,(H,10,11). The molecule has 0 saturated carbocycles. The van der Waals surface area contributed by atoms with Crippen LogP contribution in [0, 0.1) is 5.92 Å². The van der Waals surface area contributed by atoms with Crippen LogP contribution in [-0.2, 0) is 11.3 Å². The molecule has 1 atom stereocenters. The van der Waals surface area contributed by atoms with Crippen molar-refractivity contribution in [2.24, 2.45) is 5.92 Å². The lowest BCUT2D eigenvalue weighted by atomic mass is 10.1. The second-order valence-corrected chi connectivity index (χ2v) is 3.35. The van der Waals surface area contributed by atoms with Crippen molar-refractivity contribution in [3.63, 3.8) is 0 Å². The number of nitrogens with one attached hydrogen (secondary N) is 1. The number of aliphatic hydroxyl groups is 1. The van der Waals surface area contributed by atoms with Gasteiger partial charge in [-0.25, -0.2) is 4.98 Å². The molecule has 1 heterocycles. The summed E-state index contributed by atoms with van der Waals surface area (Å²) in [6, 6.07) is 0. The summed E-state index contributed by atoms with van der Waals surface area (Å²) >= 11 is 0. The number of imidazole rings is 1. The molecular weight excluding hydrogens is 168 g/mol.